The highest BCUT2D eigenvalue weighted by Crippen LogP contribution is 2.13. The topological polar surface area (TPSA) is 74.2 Å². The fraction of sp³-hybridized carbons (Fsp3) is 0.818. The molecule has 0 aliphatic rings. The quantitative estimate of drug-likeness (QED) is 0.804. The van der Waals surface area contributed by atoms with Crippen LogP contribution in [0.1, 0.15) is 52.3 Å². The number of nitrogens with zero attached hydrogens (tertiary/aromatic N) is 2. The lowest BCUT2D eigenvalue weighted by atomic mass is 10.1. The predicted octanol–water partition coefficient (Wildman–Crippen LogP) is 1.97. The standard InChI is InChI=1S/C11H21N3O2/c1-5-6-8(2)15-7-9-13-10(14-16-9)11(3,4)12/h8H,5-7,12H2,1-4H3. The summed E-state index contributed by atoms with van der Waals surface area (Å²) >= 11 is 0. The molecule has 16 heavy (non-hydrogen) atoms. The summed E-state index contributed by atoms with van der Waals surface area (Å²) in [5.74, 6) is 0.991. The highest BCUT2D eigenvalue weighted by molar-refractivity contribution is 4.98. The Balaban J connectivity index is 2.47. The van der Waals surface area contributed by atoms with Gasteiger partial charge in [-0.2, -0.15) is 4.98 Å². The summed E-state index contributed by atoms with van der Waals surface area (Å²) in [6.07, 6.45) is 2.35. The summed E-state index contributed by atoms with van der Waals surface area (Å²) in [5, 5.41) is 3.82. The molecule has 0 bridgehead atoms. The molecule has 1 atom stereocenters. The zero-order chi connectivity index (χ0) is 12.2. The summed E-state index contributed by atoms with van der Waals surface area (Å²) in [7, 11) is 0. The molecule has 0 saturated carbocycles. The van der Waals surface area contributed by atoms with Crippen molar-refractivity contribution in [2.75, 3.05) is 0 Å². The molecule has 1 aromatic heterocycles. The maximum atomic E-state index is 5.85. The van der Waals surface area contributed by atoms with Crippen molar-refractivity contribution in [3.05, 3.63) is 11.7 Å². The molecule has 0 amide bonds. The molecule has 1 aromatic rings. The van der Waals surface area contributed by atoms with Crippen LogP contribution in [0.15, 0.2) is 4.52 Å². The van der Waals surface area contributed by atoms with E-state index in [1.54, 1.807) is 0 Å². The van der Waals surface area contributed by atoms with Gasteiger partial charge in [0.2, 0.25) is 0 Å². The van der Waals surface area contributed by atoms with Crippen molar-refractivity contribution in [3.63, 3.8) is 0 Å². The van der Waals surface area contributed by atoms with E-state index in [4.69, 9.17) is 15.0 Å². The summed E-state index contributed by atoms with van der Waals surface area (Å²) in [4.78, 5) is 4.19. The van der Waals surface area contributed by atoms with E-state index in [-0.39, 0.29) is 6.10 Å². The van der Waals surface area contributed by atoms with E-state index in [1.807, 2.05) is 20.8 Å². The van der Waals surface area contributed by atoms with E-state index in [1.165, 1.54) is 0 Å². The summed E-state index contributed by atoms with van der Waals surface area (Å²) < 4.78 is 10.6. The van der Waals surface area contributed by atoms with Gasteiger partial charge in [0.25, 0.3) is 5.89 Å². The first-order chi connectivity index (χ1) is 7.43. The molecule has 0 radical (unpaired) electrons. The molecule has 2 N–H and O–H groups in total. The average molecular weight is 227 g/mol. The summed E-state index contributed by atoms with van der Waals surface area (Å²) in [5.41, 5.74) is 5.28. The molecule has 1 heterocycles. The molecule has 0 fully saturated rings. The van der Waals surface area contributed by atoms with Crippen LogP contribution in [0.4, 0.5) is 0 Å². The predicted molar refractivity (Wildman–Crippen MR) is 60.7 cm³/mol. The van der Waals surface area contributed by atoms with Gasteiger partial charge in [-0.15, -0.1) is 0 Å². The summed E-state index contributed by atoms with van der Waals surface area (Å²) in [6, 6.07) is 0. The van der Waals surface area contributed by atoms with Crippen LogP contribution in [0.3, 0.4) is 0 Å². The van der Waals surface area contributed by atoms with Crippen LogP contribution in [0.5, 0.6) is 0 Å². The van der Waals surface area contributed by atoms with Gasteiger partial charge in [0.05, 0.1) is 11.6 Å². The van der Waals surface area contributed by atoms with E-state index in [9.17, 15) is 0 Å². The first-order valence-electron chi connectivity index (χ1n) is 5.67. The van der Waals surface area contributed by atoms with Gasteiger partial charge in [-0.05, 0) is 27.2 Å². The number of rotatable bonds is 6. The molecule has 0 aliphatic heterocycles. The van der Waals surface area contributed by atoms with E-state index < -0.39 is 5.54 Å². The Hall–Kier alpha value is -0.940. The van der Waals surface area contributed by atoms with Crippen molar-refractivity contribution in [2.24, 2.45) is 5.73 Å². The second-order valence-corrected chi connectivity index (χ2v) is 4.64. The normalized spacial score (nSPS) is 14.1. The first-order valence-corrected chi connectivity index (χ1v) is 5.67. The zero-order valence-corrected chi connectivity index (χ0v) is 10.5. The van der Waals surface area contributed by atoms with Crippen LogP contribution < -0.4 is 5.73 Å². The van der Waals surface area contributed by atoms with Gasteiger partial charge in [-0.3, -0.25) is 0 Å². The average Bonchev–Trinajstić information content (AvgIpc) is 2.63. The second-order valence-electron chi connectivity index (χ2n) is 4.64. The van der Waals surface area contributed by atoms with Crippen molar-refractivity contribution in [1.82, 2.24) is 10.1 Å². The van der Waals surface area contributed by atoms with Crippen LogP contribution in [-0.2, 0) is 16.9 Å². The van der Waals surface area contributed by atoms with E-state index in [2.05, 4.69) is 17.1 Å². The van der Waals surface area contributed by atoms with Crippen molar-refractivity contribution in [2.45, 2.75) is 58.8 Å². The Morgan fingerprint density at radius 1 is 1.50 bits per heavy atom. The molecule has 0 saturated heterocycles. The maximum Gasteiger partial charge on any atom is 0.252 e. The molecule has 5 nitrogen and oxygen atoms in total. The minimum atomic E-state index is -0.573. The molecule has 1 unspecified atom stereocenters. The first kappa shape index (κ1) is 13.1. The van der Waals surface area contributed by atoms with Crippen molar-refractivity contribution < 1.29 is 9.26 Å². The van der Waals surface area contributed by atoms with Crippen LogP contribution in [-0.4, -0.2) is 16.2 Å². The molecule has 1 rings (SSSR count). The van der Waals surface area contributed by atoms with Gasteiger partial charge in [-0.1, -0.05) is 18.5 Å². The van der Waals surface area contributed by atoms with Gasteiger partial charge in [0.1, 0.15) is 6.61 Å². The fourth-order valence-corrected chi connectivity index (χ4v) is 1.28. The third-order valence-corrected chi connectivity index (χ3v) is 2.23. The fourth-order valence-electron chi connectivity index (χ4n) is 1.28. The SMILES string of the molecule is CCCC(C)OCc1nc(C(C)(C)N)no1. The molecular weight excluding hydrogens is 206 g/mol. The Morgan fingerprint density at radius 3 is 2.69 bits per heavy atom. The van der Waals surface area contributed by atoms with Crippen LogP contribution >= 0.6 is 0 Å². The number of ether oxygens (including phenoxy) is 1. The van der Waals surface area contributed by atoms with Gasteiger partial charge < -0.3 is 15.0 Å². The third-order valence-electron chi connectivity index (χ3n) is 2.23. The minimum Gasteiger partial charge on any atom is -0.369 e. The lowest BCUT2D eigenvalue weighted by Crippen LogP contribution is -2.30. The lowest BCUT2D eigenvalue weighted by Gasteiger charge is -2.11. The molecule has 0 aliphatic carbocycles. The van der Waals surface area contributed by atoms with E-state index in [0.29, 0.717) is 18.3 Å². The van der Waals surface area contributed by atoms with Crippen LogP contribution in [0, 0.1) is 0 Å². The van der Waals surface area contributed by atoms with Crippen LogP contribution in [0.25, 0.3) is 0 Å². The molecule has 92 valence electrons. The molecule has 5 heteroatoms. The second kappa shape index (κ2) is 5.41. The Bertz CT molecular complexity index is 317. The maximum absolute atomic E-state index is 5.85. The summed E-state index contributed by atoms with van der Waals surface area (Å²) in [6.45, 7) is 8.18. The molecule has 0 spiro atoms. The number of hydrogen-bond acceptors (Lipinski definition) is 5. The third kappa shape index (κ3) is 3.90. The lowest BCUT2D eigenvalue weighted by molar-refractivity contribution is 0.0320. The number of aromatic nitrogens is 2. The highest BCUT2D eigenvalue weighted by atomic mass is 16.5. The highest BCUT2D eigenvalue weighted by Gasteiger charge is 2.21. The van der Waals surface area contributed by atoms with Gasteiger partial charge in [0, 0.05) is 0 Å². The number of nitrogens with two attached hydrogens (primary N) is 1. The largest absolute Gasteiger partial charge is 0.369 e. The van der Waals surface area contributed by atoms with Crippen molar-refractivity contribution in [3.8, 4) is 0 Å². The Kier molecular flexibility index (Phi) is 4.44. The molecular formula is C11H21N3O2. The smallest absolute Gasteiger partial charge is 0.252 e. The van der Waals surface area contributed by atoms with E-state index >= 15 is 0 Å². The zero-order valence-electron chi connectivity index (χ0n) is 10.5. The Morgan fingerprint density at radius 2 is 2.19 bits per heavy atom. The van der Waals surface area contributed by atoms with Gasteiger partial charge in [0.15, 0.2) is 5.82 Å². The number of hydrogen-bond donors (Lipinski definition) is 1. The monoisotopic (exact) mass is 227 g/mol. The Labute approximate surface area is 96.4 Å². The van der Waals surface area contributed by atoms with Crippen molar-refractivity contribution in [1.29, 1.82) is 0 Å². The van der Waals surface area contributed by atoms with Crippen molar-refractivity contribution >= 4 is 0 Å². The van der Waals surface area contributed by atoms with Gasteiger partial charge in [-0.25, -0.2) is 0 Å². The van der Waals surface area contributed by atoms with Gasteiger partial charge >= 0.3 is 0 Å². The minimum absolute atomic E-state index is 0.214. The van der Waals surface area contributed by atoms with E-state index in [0.717, 1.165) is 12.8 Å². The molecule has 0 aromatic carbocycles. The van der Waals surface area contributed by atoms with Crippen LogP contribution in [0.2, 0.25) is 0 Å².